The average molecular weight is 295 g/mol. The van der Waals surface area contributed by atoms with Crippen LogP contribution in [0.5, 0.6) is 0 Å². The number of carbonyl (C=O) groups excluding carboxylic acids is 1. The number of rotatable bonds is 3. The molecule has 0 bridgehead atoms. The van der Waals surface area contributed by atoms with E-state index in [0.29, 0.717) is 11.4 Å². The Hall–Kier alpha value is -2.88. The number of benzene rings is 2. The molecule has 22 heavy (non-hydrogen) atoms. The Morgan fingerprint density at radius 2 is 1.64 bits per heavy atom. The summed E-state index contributed by atoms with van der Waals surface area (Å²) in [5.74, 6) is 0.0961. The van der Waals surface area contributed by atoms with Gasteiger partial charge in [0.05, 0.1) is 0 Å². The Bertz CT molecular complexity index is 789. The predicted octanol–water partition coefficient (Wildman–Crippen LogP) is 4.65. The summed E-state index contributed by atoms with van der Waals surface area (Å²) < 4.78 is 18.4. The highest BCUT2D eigenvalue weighted by Gasteiger charge is 2.12. The van der Waals surface area contributed by atoms with Crippen molar-refractivity contribution >= 4 is 11.6 Å². The van der Waals surface area contributed by atoms with E-state index >= 15 is 0 Å². The fourth-order valence-electron chi connectivity index (χ4n) is 2.06. The van der Waals surface area contributed by atoms with Crippen molar-refractivity contribution in [3.05, 3.63) is 77.8 Å². The van der Waals surface area contributed by atoms with Crippen LogP contribution in [-0.4, -0.2) is 5.91 Å². The average Bonchev–Trinajstić information content (AvgIpc) is 3.00. The molecule has 0 aliphatic heterocycles. The third kappa shape index (κ3) is 3.06. The number of aryl methyl sites for hydroxylation is 1. The van der Waals surface area contributed by atoms with Crippen LogP contribution in [-0.2, 0) is 0 Å². The van der Waals surface area contributed by atoms with Gasteiger partial charge in [-0.15, -0.1) is 0 Å². The second kappa shape index (κ2) is 5.85. The van der Waals surface area contributed by atoms with Gasteiger partial charge in [0.25, 0.3) is 5.91 Å². The number of anilines is 1. The summed E-state index contributed by atoms with van der Waals surface area (Å²) in [6.45, 7) is 1.98. The molecule has 0 radical (unpaired) electrons. The minimum atomic E-state index is -0.322. The van der Waals surface area contributed by atoms with Crippen LogP contribution in [0.15, 0.2) is 65.1 Å². The fourth-order valence-corrected chi connectivity index (χ4v) is 2.06. The van der Waals surface area contributed by atoms with Gasteiger partial charge in [-0.05, 0) is 55.5 Å². The maximum absolute atomic E-state index is 12.9. The molecule has 0 fully saturated rings. The standard InChI is InChI=1S/C18H14FNO2/c1-12-2-8-15(9-3-12)20-18(21)17-11-10-16(22-17)13-4-6-14(19)7-5-13/h2-11H,1H3,(H,20,21). The van der Waals surface area contributed by atoms with Crippen LogP contribution >= 0.6 is 0 Å². The third-order valence-electron chi connectivity index (χ3n) is 3.27. The van der Waals surface area contributed by atoms with Gasteiger partial charge in [0.1, 0.15) is 11.6 Å². The number of nitrogens with one attached hydrogen (secondary N) is 1. The molecule has 0 spiro atoms. The van der Waals surface area contributed by atoms with Gasteiger partial charge in [-0.1, -0.05) is 17.7 Å². The summed E-state index contributed by atoms with van der Waals surface area (Å²) in [7, 11) is 0. The second-order valence-corrected chi connectivity index (χ2v) is 4.99. The number of hydrogen-bond donors (Lipinski definition) is 1. The summed E-state index contributed by atoms with van der Waals surface area (Å²) in [4.78, 5) is 12.1. The topological polar surface area (TPSA) is 42.2 Å². The molecule has 1 heterocycles. The lowest BCUT2D eigenvalue weighted by molar-refractivity contribution is 0.0997. The van der Waals surface area contributed by atoms with E-state index in [1.165, 1.54) is 12.1 Å². The lowest BCUT2D eigenvalue weighted by Gasteiger charge is -2.03. The molecular formula is C18H14FNO2. The van der Waals surface area contributed by atoms with Gasteiger partial charge in [-0.3, -0.25) is 4.79 Å². The quantitative estimate of drug-likeness (QED) is 0.764. The molecule has 110 valence electrons. The molecule has 3 aromatic rings. The molecule has 3 rings (SSSR count). The van der Waals surface area contributed by atoms with Crippen molar-refractivity contribution in [3.8, 4) is 11.3 Å². The van der Waals surface area contributed by atoms with Gasteiger partial charge in [-0.2, -0.15) is 0 Å². The minimum absolute atomic E-state index is 0.208. The van der Waals surface area contributed by atoms with E-state index in [1.807, 2.05) is 31.2 Å². The Morgan fingerprint density at radius 1 is 0.955 bits per heavy atom. The molecule has 1 N–H and O–H groups in total. The van der Waals surface area contributed by atoms with E-state index in [0.717, 1.165) is 11.1 Å². The highest BCUT2D eigenvalue weighted by molar-refractivity contribution is 6.02. The van der Waals surface area contributed by atoms with Crippen LogP contribution < -0.4 is 5.32 Å². The number of amides is 1. The van der Waals surface area contributed by atoms with Gasteiger partial charge >= 0.3 is 0 Å². The van der Waals surface area contributed by atoms with Crippen molar-refractivity contribution in [2.75, 3.05) is 5.32 Å². The molecule has 1 aromatic heterocycles. The number of furan rings is 1. The van der Waals surface area contributed by atoms with Crippen molar-refractivity contribution in [2.24, 2.45) is 0 Å². The molecule has 2 aromatic carbocycles. The molecular weight excluding hydrogens is 281 g/mol. The Morgan fingerprint density at radius 3 is 2.32 bits per heavy atom. The van der Waals surface area contributed by atoms with Gasteiger partial charge < -0.3 is 9.73 Å². The number of halogens is 1. The maximum Gasteiger partial charge on any atom is 0.291 e. The first kappa shape index (κ1) is 14.1. The molecule has 0 unspecified atom stereocenters. The summed E-state index contributed by atoms with van der Waals surface area (Å²) in [5, 5.41) is 2.77. The van der Waals surface area contributed by atoms with Gasteiger partial charge in [0.2, 0.25) is 0 Å². The Balaban J connectivity index is 1.76. The summed E-state index contributed by atoms with van der Waals surface area (Å²) in [6, 6.07) is 16.7. The molecule has 0 aliphatic carbocycles. The second-order valence-electron chi connectivity index (χ2n) is 4.99. The molecule has 1 amide bonds. The van der Waals surface area contributed by atoms with Crippen molar-refractivity contribution in [3.63, 3.8) is 0 Å². The summed E-state index contributed by atoms with van der Waals surface area (Å²) >= 11 is 0. The first-order chi connectivity index (χ1) is 10.6. The minimum Gasteiger partial charge on any atom is -0.451 e. The van der Waals surface area contributed by atoms with E-state index < -0.39 is 0 Å². The van der Waals surface area contributed by atoms with Crippen molar-refractivity contribution in [1.82, 2.24) is 0 Å². The molecule has 3 nitrogen and oxygen atoms in total. The fraction of sp³-hybridized carbons (Fsp3) is 0.0556. The highest BCUT2D eigenvalue weighted by atomic mass is 19.1. The van der Waals surface area contributed by atoms with Gasteiger partial charge in [0.15, 0.2) is 5.76 Å². The SMILES string of the molecule is Cc1ccc(NC(=O)c2ccc(-c3ccc(F)cc3)o2)cc1. The zero-order valence-corrected chi connectivity index (χ0v) is 12.0. The van der Waals surface area contributed by atoms with Crippen LogP contribution in [0.1, 0.15) is 16.1 Å². The normalized spacial score (nSPS) is 10.5. The zero-order chi connectivity index (χ0) is 15.5. The molecule has 0 atom stereocenters. The first-order valence-electron chi connectivity index (χ1n) is 6.85. The number of carbonyl (C=O) groups is 1. The molecule has 0 saturated heterocycles. The van der Waals surface area contributed by atoms with Crippen LogP contribution in [0.4, 0.5) is 10.1 Å². The Kier molecular flexibility index (Phi) is 3.74. The number of hydrogen-bond acceptors (Lipinski definition) is 2. The maximum atomic E-state index is 12.9. The highest BCUT2D eigenvalue weighted by Crippen LogP contribution is 2.23. The zero-order valence-electron chi connectivity index (χ0n) is 12.0. The largest absolute Gasteiger partial charge is 0.451 e. The van der Waals surface area contributed by atoms with Crippen LogP contribution in [0, 0.1) is 12.7 Å². The van der Waals surface area contributed by atoms with Crippen molar-refractivity contribution in [1.29, 1.82) is 0 Å². The van der Waals surface area contributed by atoms with Gasteiger partial charge in [-0.25, -0.2) is 4.39 Å². The first-order valence-corrected chi connectivity index (χ1v) is 6.85. The summed E-state index contributed by atoms with van der Waals surface area (Å²) in [6.07, 6.45) is 0. The molecule has 4 heteroatoms. The van der Waals surface area contributed by atoms with E-state index in [4.69, 9.17) is 4.42 Å². The summed E-state index contributed by atoms with van der Waals surface area (Å²) in [5.41, 5.74) is 2.54. The van der Waals surface area contributed by atoms with Gasteiger partial charge in [0, 0.05) is 11.3 Å². The van der Waals surface area contributed by atoms with E-state index in [9.17, 15) is 9.18 Å². The monoisotopic (exact) mass is 295 g/mol. The van der Waals surface area contributed by atoms with E-state index in [1.54, 1.807) is 24.3 Å². The van der Waals surface area contributed by atoms with E-state index in [-0.39, 0.29) is 17.5 Å². The van der Waals surface area contributed by atoms with Crippen LogP contribution in [0.2, 0.25) is 0 Å². The Labute approximate surface area is 127 Å². The van der Waals surface area contributed by atoms with E-state index in [2.05, 4.69) is 5.32 Å². The molecule has 0 saturated carbocycles. The van der Waals surface area contributed by atoms with Crippen LogP contribution in [0.3, 0.4) is 0 Å². The predicted molar refractivity (Wildman–Crippen MR) is 83.2 cm³/mol. The van der Waals surface area contributed by atoms with Crippen LogP contribution in [0.25, 0.3) is 11.3 Å². The smallest absolute Gasteiger partial charge is 0.291 e. The molecule has 0 aliphatic rings. The van der Waals surface area contributed by atoms with Crippen molar-refractivity contribution in [2.45, 2.75) is 6.92 Å². The van der Waals surface area contributed by atoms with Crippen molar-refractivity contribution < 1.29 is 13.6 Å². The lowest BCUT2D eigenvalue weighted by atomic mass is 10.2. The lowest BCUT2D eigenvalue weighted by Crippen LogP contribution is -2.10. The third-order valence-corrected chi connectivity index (χ3v) is 3.27.